The van der Waals surface area contributed by atoms with Crippen LogP contribution in [0.25, 0.3) is 0 Å². The number of ether oxygens (including phenoxy) is 4. The van der Waals surface area contributed by atoms with E-state index in [0.717, 1.165) is 77.0 Å². The molecule has 414 valence electrons. The maximum absolute atomic E-state index is 12.8. The first kappa shape index (κ1) is 68.7. The van der Waals surface area contributed by atoms with Gasteiger partial charge in [0.1, 0.15) is 13.2 Å². The van der Waals surface area contributed by atoms with Gasteiger partial charge in [-0.3, -0.25) is 9.59 Å². The summed E-state index contributed by atoms with van der Waals surface area (Å²) in [7, 11) is 5.89. The van der Waals surface area contributed by atoms with E-state index in [1.807, 2.05) is 33.3 Å². The van der Waals surface area contributed by atoms with Crippen LogP contribution in [0.2, 0.25) is 0 Å². The number of carboxylic acid groups (broad SMARTS) is 1. The lowest BCUT2D eigenvalue weighted by molar-refractivity contribution is -0.870. The predicted molar refractivity (Wildman–Crippen MR) is 306 cm³/mol. The Morgan fingerprint density at radius 1 is 0.425 bits per heavy atom. The van der Waals surface area contributed by atoms with E-state index in [0.29, 0.717) is 23.9 Å². The highest BCUT2D eigenvalue weighted by atomic mass is 16.7. The Kier molecular flexibility index (Phi) is 50.8. The van der Waals surface area contributed by atoms with Gasteiger partial charge in [0.15, 0.2) is 12.4 Å². The number of rotatable bonds is 51. The minimum absolute atomic E-state index is 0.0554. The highest BCUT2D eigenvalue weighted by Gasteiger charge is 2.21. The molecule has 0 radical (unpaired) electrons. The molecular formula is C64H105NO8. The standard InChI is InChI=1S/C64H105NO8/c1-6-8-10-12-14-16-18-20-22-23-24-25-26-27-28-29-30-31-32-33-34-35-36-37-38-39-41-43-45-47-49-51-53-55-62(67)73-60(59-72-64(63(68)69)70-57-56-65(3,4)5)58-71-61(66)54-52-50-48-46-44-42-40-21-19-17-15-13-11-9-7-2/h8-11,14-17,20-22,24-25,27-28,40,44,46,50,52,60,64H,6-7,12-13,18-19,23,26,29-39,41-43,45,47-49,51,53-59H2,1-5H3/b10-8-,11-9-,16-14-,17-15-,22-20-,25-24-,28-27-,40-21-,46-44-,52-50-. The van der Waals surface area contributed by atoms with Gasteiger partial charge >= 0.3 is 11.9 Å². The lowest BCUT2D eigenvalue weighted by Gasteiger charge is -2.26. The molecule has 0 amide bonds. The van der Waals surface area contributed by atoms with Gasteiger partial charge in [0, 0.05) is 6.42 Å². The second-order valence-electron chi connectivity index (χ2n) is 19.8. The van der Waals surface area contributed by atoms with Crippen LogP contribution in [0.5, 0.6) is 0 Å². The molecule has 0 aliphatic carbocycles. The lowest BCUT2D eigenvalue weighted by atomic mass is 10.0. The van der Waals surface area contributed by atoms with Crippen LogP contribution in [0.15, 0.2) is 122 Å². The van der Waals surface area contributed by atoms with E-state index in [1.54, 1.807) is 6.08 Å². The number of likely N-dealkylation sites (N-methyl/N-ethyl adjacent to an activating group) is 1. The van der Waals surface area contributed by atoms with Gasteiger partial charge in [0.05, 0.1) is 46.7 Å². The summed E-state index contributed by atoms with van der Waals surface area (Å²) in [6.45, 7) is 4.39. The van der Waals surface area contributed by atoms with Crippen molar-refractivity contribution in [1.82, 2.24) is 0 Å². The molecule has 0 aromatic heterocycles. The summed E-state index contributed by atoms with van der Waals surface area (Å²) in [5.74, 6) is -2.45. The molecular weight excluding hydrogens is 911 g/mol. The van der Waals surface area contributed by atoms with Crippen molar-refractivity contribution in [2.45, 2.75) is 219 Å². The van der Waals surface area contributed by atoms with Crippen LogP contribution in [0, 0.1) is 0 Å². The smallest absolute Gasteiger partial charge is 0.309 e. The number of quaternary nitrogens is 1. The fraction of sp³-hybridized carbons (Fsp3) is 0.641. The maximum Gasteiger partial charge on any atom is 0.309 e. The Hall–Kier alpha value is -4.31. The average molecular weight is 1020 g/mol. The summed E-state index contributed by atoms with van der Waals surface area (Å²) in [6.07, 6.45) is 72.9. The van der Waals surface area contributed by atoms with Crippen molar-refractivity contribution in [3.8, 4) is 0 Å². The Morgan fingerprint density at radius 3 is 1.16 bits per heavy atom. The molecule has 0 bridgehead atoms. The molecule has 0 spiro atoms. The van der Waals surface area contributed by atoms with E-state index in [-0.39, 0.29) is 32.7 Å². The van der Waals surface area contributed by atoms with Crippen LogP contribution in [-0.2, 0) is 33.3 Å². The number of carboxylic acids is 1. The molecule has 0 saturated carbocycles. The zero-order valence-corrected chi connectivity index (χ0v) is 47.0. The third-order valence-corrected chi connectivity index (χ3v) is 11.7. The molecule has 73 heavy (non-hydrogen) atoms. The highest BCUT2D eigenvalue weighted by molar-refractivity contribution is 5.71. The van der Waals surface area contributed by atoms with Gasteiger partial charge in [-0.15, -0.1) is 0 Å². The number of hydrogen-bond donors (Lipinski definition) is 0. The van der Waals surface area contributed by atoms with Gasteiger partial charge in [-0.05, 0) is 83.5 Å². The van der Waals surface area contributed by atoms with Crippen LogP contribution in [0.1, 0.15) is 206 Å². The molecule has 0 saturated heterocycles. The summed E-state index contributed by atoms with van der Waals surface area (Å²) in [6, 6.07) is 0. The van der Waals surface area contributed by atoms with E-state index >= 15 is 0 Å². The summed E-state index contributed by atoms with van der Waals surface area (Å²) >= 11 is 0. The Bertz CT molecular complexity index is 1610. The largest absolute Gasteiger partial charge is 0.545 e. The minimum atomic E-state index is -1.65. The normalized spacial score (nSPS) is 13.7. The first-order valence-electron chi connectivity index (χ1n) is 28.7. The Balaban J connectivity index is 4.20. The van der Waals surface area contributed by atoms with Crippen molar-refractivity contribution in [1.29, 1.82) is 0 Å². The maximum atomic E-state index is 12.8. The van der Waals surface area contributed by atoms with Crippen molar-refractivity contribution in [2.24, 2.45) is 0 Å². The number of aliphatic carboxylic acids is 1. The van der Waals surface area contributed by atoms with Gasteiger partial charge < -0.3 is 33.3 Å². The lowest BCUT2D eigenvalue weighted by Crippen LogP contribution is -2.44. The average Bonchev–Trinajstić information content (AvgIpc) is 3.36. The SMILES string of the molecule is CC/C=C\C/C=C\C/C=C\C/C=C\C/C=C\CCCCCCCCCCCCCCCCCCCC(=O)OC(COC(=O)C/C=C\C/C=C\C/C=C\C/C=C\C/C=C\CC)COC(OCC[N+](C)(C)C)C(=O)[O-]. The third-order valence-electron chi connectivity index (χ3n) is 11.7. The molecule has 9 nitrogen and oxygen atoms in total. The van der Waals surface area contributed by atoms with E-state index in [4.69, 9.17) is 18.9 Å². The number of nitrogens with zero attached hydrogens (tertiary/aromatic N) is 1. The van der Waals surface area contributed by atoms with E-state index < -0.39 is 30.3 Å². The molecule has 0 aliphatic heterocycles. The monoisotopic (exact) mass is 1020 g/mol. The Morgan fingerprint density at radius 2 is 0.781 bits per heavy atom. The topological polar surface area (TPSA) is 111 Å². The summed E-state index contributed by atoms with van der Waals surface area (Å²) in [4.78, 5) is 37.1. The minimum Gasteiger partial charge on any atom is -0.545 e. The molecule has 0 rings (SSSR count). The van der Waals surface area contributed by atoms with Gasteiger partial charge in [-0.2, -0.15) is 0 Å². The van der Waals surface area contributed by atoms with Crippen LogP contribution in [-0.4, -0.2) is 82.3 Å². The molecule has 0 heterocycles. The number of allylic oxidation sites excluding steroid dienone is 19. The highest BCUT2D eigenvalue weighted by Crippen LogP contribution is 2.16. The van der Waals surface area contributed by atoms with Crippen molar-refractivity contribution in [3.63, 3.8) is 0 Å². The van der Waals surface area contributed by atoms with Gasteiger partial charge in [0.25, 0.3) is 0 Å². The van der Waals surface area contributed by atoms with E-state index in [9.17, 15) is 19.5 Å². The quantitative estimate of drug-likeness (QED) is 0.0195. The molecule has 0 aromatic carbocycles. The molecule has 2 atom stereocenters. The second-order valence-corrected chi connectivity index (χ2v) is 19.8. The zero-order chi connectivity index (χ0) is 53.4. The van der Waals surface area contributed by atoms with E-state index in [2.05, 4.69) is 117 Å². The van der Waals surface area contributed by atoms with Crippen LogP contribution in [0.4, 0.5) is 0 Å². The molecule has 2 unspecified atom stereocenters. The molecule has 0 N–H and O–H groups in total. The first-order valence-corrected chi connectivity index (χ1v) is 28.7. The molecule has 0 aromatic rings. The number of carbonyl (C=O) groups excluding carboxylic acids is 3. The first-order chi connectivity index (χ1) is 35.6. The van der Waals surface area contributed by atoms with Crippen molar-refractivity contribution in [3.05, 3.63) is 122 Å². The van der Waals surface area contributed by atoms with Gasteiger partial charge in [0.2, 0.25) is 0 Å². The van der Waals surface area contributed by atoms with E-state index in [1.165, 1.54) is 89.9 Å². The number of esters is 2. The summed E-state index contributed by atoms with van der Waals surface area (Å²) < 4.78 is 22.5. The Labute approximate surface area is 447 Å². The number of carbonyl (C=O) groups is 3. The molecule has 0 aliphatic rings. The number of hydrogen-bond acceptors (Lipinski definition) is 8. The van der Waals surface area contributed by atoms with Gasteiger partial charge in [-0.1, -0.05) is 232 Å². The van der Waals surface area contributed by atoms with Crippen molar-refractivity contribution in [2.75, 3.05) is 47.5 Å². The summed E-state index contributed by atoms with van der Waals surface area (Å²) in [5, 5.41) is 11.8. The van der Waals surface area contributed by atoms with Crippen LogP contribution < -0.4 is 5.11 Å². The summed E-state index contributed by atoms with van der Waals surface area (Å²) in [5.41, 5.74) is 0. The predicted octanol–water partition coefficient (Wildman–Crippen LogP) is 15.6. The zero-order valence-electron chi connectivity index (χ0n) is 47.0. The van der Waals surface area contributed by atoms with Crippen LogP contribution in [0.3, 0.4) is 0 Å². The molecule has 9 heteroatoms. The molecule has 0 fully saturated rings. The second kappa shape index (κ2) is 54.0. The van der Waals surface area contributed by atoms with Crippen molar-refractivity contribution >= 4 is 17.9 Å². The van der Waals surface area contributed by atoms with Crippen LogP contribution >= 0.6 is 0 Å². The number of unbranched alkanes of at least 4 members (excludes halogenated alkanes) is 17. The fourth-order valence-corrected chi connectivity index (χ4v) is 7.40. The van der Waals surface area contributed by atoms with Gasteiger partial charge in [-0.25, -0.2) is 0 Å². The van der Waals surface area contributed by atoms with Crippen molar-refractivity contribution < 1.29 is 42.9 Å². The third kappa shape index (κ3) is 55.3. The fourth-order valence-electron chi connectivity index (χ4n) is 7.40.